The second kappa shape index (κ2) is 6.86. The van der Waals surface area contributed by atoms with E-state index in [0.717, 1.165) is 29.8 Å². The van der Waals surface area contributed by atoms with Gasteiger partial charge in [-0.2, -0.15) is 0 Å². The van der Waals surface area contributed by atoms with E-state index in [2.05, 4.69) is 15.3 Å². The van der Waals surface area contributed by atoms with Crippen LogP contribution in [-0.2, 0) is 6.54 Å². The van der Waals surface area contributed by atoms with Crippen molar-refractivity contribution in [2.24, 2.45) is 0 Å². The van der Waals surface area contributed by atoms with Crippen LogP contribution in [0.1, 0.15) is 41.4 Å². The first-order valence-electron chi connectivity index (χ1n) is 8.21. The van der Waals surface area contributed by atoms with E-state index in [1.165, 1.54) is 0 Å². The molecule has 24 heavy (non-hydrogen) atoms. The highest BCUT2D eigenvalue weighted by atomic mass is 16.2. The van der Waals surface area contributed by atoms with Gasteiger partial charge in [0.25, 0.3) is 5.56 Å². The van der Waals surface area contributed by atoms with Gasteiger partial charge in [-0.15, -0.1) is 0 Å². The molecule has 0 spiro atoms. The third-order valence-corrected chi connectivity index (χ3v) is 4.45. The Morgan fingerprint density at radius 2 is 2.25 bits per heavy atom. The summed E-state index contributed by atoms with van der Waals surface area (Å²) in [5.74, 6) is 0. The smallest absolute Gasteiger partial charge is 0.318 e. The number of pyridine rings is 2. The SMILES string of the molecule is Cc1cc(C)c(CNC(=O)N2CCC[C@H]2c2ccccn2)c(=O)[nH]1. The van der Waals surface area contributed by atoms with Crippen LogP contribution >= 0.6 is 0 Å². The fraction of sp³-hybridized carbons (Fsp3) is 0.389. The third-order valence-electron chi connectivity index (χ3n) is 4.45. The summed E-state index contributed by atoms with van der Waals surface area (Å²) in [7, 11) is 0. The molecular weight excluding hydrogens is 304 g/mol. The minimum atomic E-state index is -0.150. The van der Waals surface area contributed by atoms with Crippen molar-refractivity contribution in [1.82, 2.24) is 20.2 Å². The number of carbonyl (C=O) groups excluding carboxylic acids is 1. The minimum absolute atomic E-state index is 0.00333. The average Bonchev–Trinajstić information content (AvgIpc) is 3.04. The number of urea groups is 1. The fourth-order valence-corrected chi connectivity index (χ4v) is 3.26. The van der Waals surface area contributed by atoms with E-state index in [9.17, 15) is 9.59 Å². The molecule has 1 aliphatic rings. The number of H-pyrrole nitrogens is 1. The number of aromatic nitrogens is 2. The van der Waals surface area contributed by atoms with Crippen molar-refractivity contribution in [2.45, 2.75) is 39.3 Å². The second-order valence-electron chi connectivity index (χ2n) is 6.21. The van der Waals surface area contributed by atoms with Crippen LogP contribution in [-0.4, -0.2) is 27.4 Å². The van der Waals surface area contributed by atoms with E-state index in [0.29, 0.717) is 12.1 Å². The first-order chi connectivity index (χ1) is 11.6. The Kier molecular flexibility index (Phi) is 4.64. The highest BCUT2D eigenvalue weighted by Crippen LogP contribution is 2.30. The molecule has 126 valence electrons. The molecule has 0 bridgehead atoms. The van der Waals surface area contributed by atoms with Gasteiger partial charge in [-0.1, -0.05) is 6.07 Å². The number of hydrogen-bond acceptors (Lipinski definition) is 3. The van der Waals surface area contributed by atoms with Crippen LogP contribution < -0.4 is 10.9 Å². The summed E-state index contributed by atoms with van der Waals surface area (Å²) in [6.07, 6.45) is 3.62. The number of likely N-dealkylation sites (tertiary alicyclic amines) is 1. The molecule has 1 aliphatic heterocycles. The highest BCUT2D eigenvalue weighted by Gasteiger charge is 2.30. The lowest BCUT2D eigenvalue weighted by Gasteiger charge is -2.24. The molecule has 6 nitrogen and oxygen atoms in total. The predicted molar refractivity (Wildman–Crippen MR) is 91.7 cm³/mol. The molecule has 0 unspecified atom stereocenters. The molecule has 2 N–H and O–H groups in total. The average molecular weight is 326 g/mol. The highest BCUT2D eigenvalue weighted by molar-refractivity contribution is 5.75. The number of aromatic amines is 1. The quantitative estimate of drug-likeness (QED) is 0.909. The molecule has 1 atom stereocenters. The Bertz CT molecular complexity index is 785. The summed E-state index contributed by atoms with van der Waals surface area (Å²) in [6.45, 7) is 4.66. The van der Waals surface area contributed by atoms with Gasteiger partial charge >= 0.3 is 6.03 Å². The summed E-state index contributed by atoms with van der Waals surface area (Å²) < 4.78 is 0. The number of hydrogen-bond donors (Lipinski definition) is 2. The lowest BCUT2D eigenvalue weighted by Crippen LogP contribution is -2.40. The molecule has 1 saturated heterocycles. The van der Waals surface area contributed by atoms with Crippen LogP contribution in [0.2, 0.25) is 0 Å². The van der Waals surface area contributed by atoms with Gasteiger partial charge in [-0.05, 0) is 50.5 Å². The molecule has 2 aromatic heterocycles. The molecular formula is C18H22N4O2. The first kappa shape index (κ1) is 16.2. The summed E-state index contributed by atoms with van der Waals surface area (Å²) in [4.78, 5) is 33.6. The van der Waals surface area contributed by atoms with Gasteiger partial charge in [0.15, 0.2) is 0 Å². The maximum absolute atomic E-state index is 12.6. The Morgan fingerprint density at radius 3 is 2.96 bits per heavy atom. The predicted octanol–water partition coefficient (Wildman–Crippen LogP) is 2.43. The van der Waals surface area contributed by atoms with E-state index in [1.807, 2.05) is 38.1 Å². The number of nitrogens with zero attached hydrogens (tertiary/aromatic N) is 2. The second-order valence-corrected chi connectivity index (χ2v) is 6.21. The topological polar surface area (TPSA) is 78.1 Å². The Labute approximate surface area is 140 Å². The van der Waals surface area contributed by atoms with Crippen LogP contribution in [0.15, 0.2) is 35.3 Å². The lowest BCUT2D eigenvalue weighted by molar-refractivity contribution is 0.191. The summed E-state index contributed by atoms with van der Waals surface area (Å²) in [5, 5.41) is 2.88. The summed E-state index contributed by atoms with van der Waals surface area (Å²) >= 11 is 0. The molecule has 1 fully saturated rings. The minimum Gasteiger partial charge on any atom is -0.334 e. The van der Waals surface area contributed by atoms with Gasteiger partial charge in [-0.25, -0.2) is 4.79 Å². The molecule has 2 amide bonds. The Morgan fingerprint density at radius 1 is 1.42 bits per heavy atom. The lowest BCUT2D eigenvalue weighted by atomic mass is 10.1. The van der Waals surface area contributed by atoms with Crippen molar-refractivity contribution in [1.29, 1.82) is 0 Å². The maximum Gasteiger partial charge on any atom is 0.318 e. The Hall–Kier alpha value is -2.63. The van der Waals surface area contributed by atoms with E-state index in [4.69, 9.17) is 0 Å². The number of nitrogens with one attached hydrogen (secondary N) is 2. The molecule has 0 aliphatic carbocycles. The zero-order valence-electron chi connectivity index (χ0n) is 14.0. The van der Waals surface area contributed by atoms with Gasteiger partial charge in [-0.3, -0.25) is 9.78 Å². The van der Waals surface area contributed by atoms with Crippen LogP contribution in [0.25, 0.3) is 0 Å². The van der Waals surface area contributed by atoms with Crippen molar-refractivity contribution in [3.63, 3.8) is 0 Å². The fourth-order valence-electron chi connectivity index (χ4n) is 3.26. The van der Waals surface area contributed by atoms with Crippen molar-refractivity contribution >= 4 is 6.03 Å². The molecule has 2 aromatic rings. The zero-order valence-corrected chi connectivity index (χ0v) is 14.0. The number of rotatable bonds is 3. The number of carbonyl (C=O) groups is 1. The van der Waals surface area contributed by atoms with Crippen LogP contribution in [0.4, 0.5) is 4.79 Å². The Balaban J connectivity index is 1.70. The monoisotopic (exact) mass is 326 g/mol. The maximum atomic E-state index is 12.6. The van der Waals surface area contributed by atoms with E-state index < -0.39 is 0 Å². The molecule has 3 heterocycles. The number of aryl methyl sites for hydroxylation is 2. The van der Waals surface area contributed by atoms with Crippen molar-refractivity contribution in [3.05, 3.63) is 63.3 Å². The van der Waals surface area contributed by atoms with E-state index >= 15 is 0 Å². The summed E-state index contributed by atoms with van der Waals surface area (Å²) in [6, 6.07) is 7.52. The van der Waals surface area contributed by atoms with Crippen molar-refractivity contribution in [3.8, 4) is 0 Å². The van der Waals surface area contributed by atoms with Gasteiger partial charge < -0.3 is 15.2 Å². The zero-order chi connectivity index (χ0) is 17.1. The van der Waals surface area contributed by atoms with Crippen LogP contribution in [0.3, 0.4) is 0 Å². The third kappa shape index (κ3) is 3.32. The molecule has 0 aromatic carbocycles. The molecule has 0 saturated carbocycles. The van der Waals surface area contributed by atoms with Crippen molar-refractivity contribution < 1.29 is 4.79 Å². The largest absolute Gasteiger partial charge is 0.334 e. The number of amides is 2. The standard InChI is InChI=1S/C18H22N4O2/c1-12-10-13(2)21-17(23)14(12)11-20-18(24)22-9-5-7-16(22)15-6-3-4-8-19-15/h3-4,6,8,10,16H,5,7,9,11H2,1-2H3,(H,20,24)(H,21,23)/t16-/m0/s1. The summed E-state index contributed by atoms with van der Waals surface area (Å²) in [5.41, 5.74) is 3.08. The van der Waals surface area contributed by atoms with Crippen LogP contribution in [0, 0.1) is 13.8 Å². The first-order valence-corrected chi connectivity index (χ1v) is 8.21. The van der Waals surface area contributed by atoms with E-state index in [-0.39, 0.29) is 24.2 Å². The molecule has 6 heteroatoms. The molecule has 3 rings (SSSR count). The van der Waals surface area contributed by atoms with Gasteiger partial charge in [0.05, 0.1) is 18.3 Å². The van der Waals surface area contributed by atoms with E-state index in [1.54, 1.807) is 11.1 Å². The molecule has 0 radical (unpaired) electrons. The van der Waals surface area contributed by atoms with Crippen LogP contribution in [0.5, 0.6) is 0 Å². The van der Waals surface area contributed by atoms with Gasteiger partial charge in [0.1, 0.15) is 0 Å². The van der Waals surface area contributed by atoms with Crippen molar-refractivity contribution in [2.75, 3.05) is 6.54 Å². The van der Waals surface area contributed by atoms with Gasteiger partial charge in [0, 0.05) is 24.0 Å². The van der Waals surface area contributed by atoms with Gasteiger partial charge in [0.2, 0.25) is 0 Å². The normalized spacial score (nSPS) is 17.1.